The van der Waals surface area contributed by atoms with E-state index in [1.165, 1.54) is 11.8 Å². The summed E-state index contributed by atoms with van der Waals surface area (Å²) in [6.07, 6.45) is 7.45. The number of thioether (sulfide) groups is 1. The van der Waals surface area contributed by atoms with Gasteiger partial charge in [0.1, 0.15) is 6.04 Å². The summed E-state index contributed by atoms with van der Waals surface area (Å²) in [5.41, 5.74) is 0.348. The molecule has 2 atom stereocenters. The van der Waals surface area contributed by atoms with Crippen LogP contribution in [0.25, 0.3) is 0 Å². The number of aromatic nitrogens is 1. The standard InChI is InChI=1S/C21H29N3O3S/c1-21(2,3)23-19(26)18(14-8-10-22-11-9-14)24(16-6-4-5-7-16)20(27)15-12-17(25)28-13-15/h8-11,15-16,18H,4-7,12-13H2,1-3H3,(H,23,26). The topological polar surface area (TPSA) is 79.4 Å². The van der Waals surface area contributed by atoms with E-state index in [0.29, 0.717) is 5.75 Å². The van der Waals surface area contributed by atoms with Gasteiger partial charge in [0.15, 0.2) is 5.12 Å². The third-order valence-electron chi connectivity index (χ3n) is 5.23. The number of hydrogen-bond donors (Lipinski definition) is 1. The molecule has 152 valence electrons. The van der Waals surface area contributed by atoms with Crippen molar-refractivity contribution >= 4 is 28.7 Å². The number of carbonyl (C=O) groups is 3. The van der Waals surface area contributed by atoms with E-state index in [2.05, 4.69) is 10.3 Å². The Kier molecular flexibility index (Phi) is 6.43. The van der Waals surface area contributed by atoms with E-state index < -0.39 is 11.6 Å². The Morgan fingerprint density at radius 3 is 2.39 bits per heavy atom. The van der Waals surface area contributed by atoms with Crippen LogP contribution in [0.3, 0.4) is 0 Å². The molecule has 0 spiro atoms. The number of pyridine rings is 1. The van der Waals surface area contributed by atoms with Crippen LogP contribution in [0.15, 0.2) is 24.5 Å². The predicted molar refractivity (Wildman–Crippen MR) is 110 cm³/mol. The summed E-state index contributed by atoms with van der Waals surface area (Å²) >= 11 is 1.22. The summed E-state index contributed by atoms with van der Waals surface area (Å²) in [5, 5.41) is 3.11. The summed E-state index contributed by atoms with van der Waals surface area (Å²) in [6.45, 7) is 5.80. The predicted octanol–water partition coefficient (Wildman–Crippen LogP) is 3.09. The van der Waals surface area contributed by atoms with Gasteiger partial charge in [-0.25, -0.2) is 0 Å². The number of hydrogen-bond acceptors (Lipinski definition) is 5. The first kappa shape index (κ1) is 20.8. The van der Waals surface area contributed by atoms with E-state index in [0.717, 1.165) is 31.2 Å². The minimum absolute atomic E-state index is 0.0251. The van der Waals surface area contributed by atoms with Gasteiger partial charge in [0.25, 0.3) is 0 Å². The molecule has 1 aliphatic carbocycles. The SMILES string of the molecule is CC(C)(C)NC(=O)C(c1ccncc1)N(C(=O)C1CSC(=O)C1)C1CCCC1. The molecular weight excluding hydrogens is 374 g/mol. The molecule has 2 fully saturated rings. The summed E-state index contributed by atoms with van der Waals surface area (Å²) in [4.78, 5) is 44.5. The lowest BCUT2D eigenvalue weighted by Gasteiger charge is -2.38. The van der Waals surface area contributed by atoms with Crippen LogP contribution < -0.4 is 5.32 Å². The second-order valence-electron chi connectivity index (χ2n) is 8.69. The molecule has 0 bridgehead atoms. The molecule has 1 aliphatic heterocycles. The molecule has 0 aromatic carbocycles. The van der Waals surface area contributed by atoms with Crippen LogP contribution in [0.5, 0.6) is 0 Å². The lowest BCUT2D eigenvalue weighted by molar-refractivity contribution is -0.147. The minimum atomic E-state index is -0.710. The quantitative estimate of drug-likeness (QED) is 0.817. The normalized spacial score (nSPS) is 21.5. The molecule has 1 saturated carbocycles. The second kappa shape index (κ2) is 8.64. The van der Waals surface area contributed by atoms with Gasteiger partial charge in [0.05, 0.1) is 5.92 Å². The van der Waals surface area contributed by atoms with Gasteiger partial charge in [-0.2, -0.15) is 0 Å². The maximum atomic E-state index is 13.5. The van der Waals surface area contributed by atoms with E-state index in [1.807, 2.05) is 20.8 Å². The molecule has 1 aromatic rings. The first-order valence-electron chi connectivity index (χ1n) is 9.96. The maximum Gasteiger partial charge on any atom is 0.247 e. The number of carbonyl (C=O) groups excluding carboxylic acids is 3. The minimum Gasteiger partial charge on any atom is -0.349 e. The zero-order chi connectivity index (χ0) is 20.3. The van der Waals surface area contributed by atoms with Crippen molar-refractivity contribution in [1.29, 1.82) is 0 Å². The number of amides is 2. The second-order valence-corrected chi connectivity index (χ2v) is 9.77. The maximum absolute atomic E-state index is 13.5. The Morgan fingerprint density at radius 1 is 1.21 bits per heavy atom. The molecule has 1 saturated heterocycles. The molecule has 2 heterocycles. The van der Waals surface area contributed by atoms with E-state index in [1.54, 1.807) is 29.4 Å². The van der Waals surface area contributed by atoms with E-state index >= 15 is 0 Å². The summed E-state index contributed by atoms with van der Waals surface area (Å²) in [6, 6.07) is 2.92. The van der Waals surface area contributed by atoms with Crippen LogP contribution in [0, 0.1) is 5.92 Å². The van der Waals surface area contributed by atoms with E-state index in [4.69, 9.17) is 0 Å². The Balaban J connectivity index is 1.99. The average molecular weight is 404 g/mol. The lowest BCUT2D eigenvalue weighted by Crippen LogP contribution is -2.53. The Bertz CT molecular complexity index is 726. The molecule has 0 radical (unpaired) electrons. The molecule has 2 unspecified atom stereocenters. The summed E-state index contributed by atoms with van der Waals surface area (Å²) in [5.74, 6) is -0.0953. The van der Waals surface area contributed by atoms with E-state index in [-0.39, 0.29) is 35.3 Å². The van der Waals surface area contributed by atoms with Crippen molar-refractivity contribution in [3.8, 4) is 0 Å². The summed E-state index contributed by atoms with van der Waals surface area (Å²) < 4.78 is 0. The van der Waals surface area contributed by atoms with Gasteiger partial charge in [-0.15, -0.1) is 0 Å². The van der Waals surface area contributed by atoms with Crippen LogP contribution >= 0.6 is 11.8 Å². The zero-order valence-electron chi connectivity index (χ0n) is 16.8. The van der Waals surface area contributed by atoms with Crippen LogP contribution in [0.1, 0.15) is 64.5 Å². The highest BCUT2D eigenvalue weighted by molar-refractivity contribution is 8.14. The van der Waals surface area contributed by atoms with Crippen molar-refractivity contribution in [2.24, 2.45) is 5.92 Å². The number of rotatable bonds is 5. The molecule has 7 heteroatoms. The van der Waals surface area contributed by atoms with Gasteiger partial charge in [-0.1, -0.05) is 24.6 Å². The molecule has 1 N–H and O–H groups in total. The van der Waals surface area contributed by atoms with Gasteiger partial charge < -0.3 is 10.2 Å². The Hall–Kier alpha value is -1.89. The summed E-state index contributed by atoms with van der Waals surface area (Å²) in [7, 11) is 0. The fraction of sp³-hybridized carbons (Fsp3) is 0.619. The fourth-order valence-corrected chi connectivity index (χ4v) is 4.97. The average Bonchev–Trinajstić information content (AvgIpc) is 3.30. The molecule has 2 aliphatic rings. The molecule has 28 heavy (non-hydrogen) atoms. The largest absolute Gasteiger partial charge is 0.349 e. The third kappa shape index (κ3) is 4.93. The van der Waals surface area contributed by atoms with Crippen molar-refractivity contribution in [1.82, 2.24) is 15.2 Å². The Morgan fingerprint density at radius 2 is 1.86 bits per heavy atom. The van der Waals surface area contributed by atoms with Crippen molar-refractivity contribution in [2.75, 3.05) is 5.75 Å². The van der Waals surface area contributed by atoms with Crippen LogP contribution in [0.2, 0.25) is 0 Å². The van der Waals surface area contributed by atoms with Crippen molar-refractivity contribution in [3.05, 3.63) is 30.1 Å². The first-order chi connectivity index (χ1) is 13.3. The first-order valence-corrected chi connectivity index (χ1v) is 10.9. The van der Waals surface area contributed by atoms with Crippen molar-refractivity contribution in [2.45, 2.75) is 70.5 Å². The third-order valence-corrected chi connectivity index (χ3v) is 6.28. The smallest absolute Gasteiger partial charge is 0.247 e. The lowest BCUT2D eigenvalue weighted by atomic mass is 9.97. The number of nitrogens with one attached hydrogen (secondary N) is 1. The van der Waals surface area contributed by atoms with Crippen molar-refractivity contribution < 1.29 is 14.4 Å². The van der Waals surface area contributed by atoms with Gasteiger partial charge in [-0.3, -0.25) is 19.4 Å². The van der Waals surface area contributed by atoms with Crippen LogP contribution in [-0.2, 0) is 14.4 Å². The zero-order valence-corrected chi connectivity index (χ0v) is 17.6. The highest BCUT2D eigenvalue weighted by Crippen LogP contribution is 2.36. The van der Waals surface area contributed by atoms with Crippen LogP contribution in [0.4, 0.5) is 0 Å². The van der Waals surface area contributed by atoms with Crippen molar-refractivity contribution in [3.63, 3.8) is 0 Å². The molecule has 2 amide bonds. The monoisotopic (exact) mass is 403 g/mol. The molecular formula is C21H29N3O3S. The fourth-order valence-electron chi connectivity index (χ4n) is 4.00. The van der Waals surface area contributed by atoms with Gasteiger partial charge in [0, 0.05) is 36.1 Å². The van der Waals surface area contributed by atoms with Gasteiger partial charge >= 0.3 is 0 Å². The molecule has 1 aromatic heterocycles. The van der Waals surface area contributed by atoms with Gasteiger partial charge in [0.2, 0.25) is 11.8 Å². The number of nitrogens with zero attached hydrogens (tertiary/aromatic N) is 2. The van der Waals surface area contributed by atoms with Crippen LogP contribution in [-0.4, -0.2) is 44.1 Å². The van der Waals surface area contributed by atoms with Gasteiger partial charge in [-0.05, 0) is 51.3 Å². The highest BCUT2D eigenvalue weighted by Gasteiger charge is 2.42. The molecule has 3 rings (SSSR count). The molecule has 6 nitrogen and oxygen atoms in total. The van der Waals surface area contributed by atoms with E-state index in [9.17, 15) is 14.4 Å². The highest BCUT2D eigenvalue weighted by atomic mass is 32.2. The Labute approximate surface area is 170 Å².